The van der Waals surface area contributed by atoms with E-state index in [0.717, 1.165) is 22.6 Å². The van der Waals surface area contributed by atoms with Crippen LogP contribution >= 0.6 is 11.8 Å². The van der Waals surface area contributed by atoms with Crippen molar-refractivity contribution in [3.8, 4) is 0 Å². The molecule has 138 valence electrons. The summed E-state index contributed by atoms with van der Waals surface area (Å²) in [5.74, 6) is 0.715. The first kappa shape index (κ1) is 17.6. The summed E-state index contributed by atoms with van der Waals surface area (Å²) in [7, 11) is 0. The summed E-state index contributed by atoms with van der Waals surface area (Å²) in [4.78, 5) is 13.2. The number of nitrogens with zero attached hydrogens (tertiary/aromatic N) is 3. The van der Waals surface area contributed by atoms with Crippen molar-refractivity contribution in [2.75, 3.05) is 10.7 Å². The van der Waals surface area contributed by atoms with Crippen LogP contribution in [0.2, 0.25) is 0 Å². The lowest BCUT2D eigenvalue weighted by atomic mass is 10.0. The van der Waals surface area contributed by atoms with Crippen LogP contribution in [0.1, 0.15) is 28.6 Å². The zero-order chi connectivity index (χ0) is 19.0. The van der Waals surface area contributed by atoms with Crippen LogP contribution < -0.4 is 10.7 Å². The lowest BCUT2D eigenvalue weighted by molar-refractivity contribution is -0.116. The first-order valence-electron chi connectivity index (χ1n) is 8.81. The van der Waals surface area contributed by atoms with Crippen LogP contribution in [-0.4, -0.2) is 26.0 Å². The number of thioether (sulfide) groups is 1. The van der Waals surface area contributed by atoms with E-state index in [9.17, 15) is 4.79 Å². The molecule has 2 heterocycles. The van der Waals surface area contributed by atoms with E-state index in [1.807, 2.05) is 67.9 Å². The number of carbonyl (C=O) groups is 1. The van der Waals surface area contributed by atoms with Crippen molar-refractivity contribution in [2.45, 2.75) is 37.2 Å². The van der Waals surface area contributed by atoms with Crippen molar-refractivity contribution >= 4 is 23.4 Å². The summed E-state index contributed by atoms with van der Waals surface area (Å²) in [6, 6.07) is 15.8. The number of nitrogens with one attached hydrogen (secondary N) is 2. The Kier molecular flexibility index (Phi) is 4.61. The predicted octanol–water partition coefficient (Wildman–Crippen LogP) is 3.60. The quantitative estimate of drug-likeness (QED) is 0.727. The summed E-state index contributed by atoms with van der Waals surface area (Å²) in [5.41, 5.74) is 7.51. The molecule has 2 N–H and O–H groups in total. The number of amides is 1. The molecule has 1 aliphatic heterocycles. The second kappa shape index (κ2) is 7.08. The Morgan fingerprint density at radius 2 is 1.89 bits per heavy atom. The molecule has 0 bridgehead atoms. The number of fused-ring (bicyclic) bond motifs is 1. The van der Waals surface area contributed by atoms with E-state index >= 15 is 0 Å². The highest BCUT2D eigenvalue weighted by molar-refractivity contribution is 8.00. The molecule has 0 saturated carbocycles. The highest BCUT2D eigenvalue weighted by Gasteiger charge is 2.37. The first-order valence-corrected chi connectivity index (χ1v) is 9.69. The van der Waals surface area contributed by atoms with Crippen molar-refractivity contribution in [3.05, 3.63) is 71.0 Å². The average molecular weight is 379 g/mol. The van der Waals surface area contributed by atoms with Crippen molar-refractivity contribution in [1.82, 2.24) is 14.9 Å². The van der Waals surface area contributed by atoms with Crippen LogP contribution in [0.15, 0.2) is 53.7 Å². The Labute approximate surface area is 162 Å². The fourth-order valence-corrected chi connectivity index (χ4v) is 4.35. The zero-order valence-electron chi connectivity index (χ0n) is 15.4. The molecule has 0 radical (unpaired) electrons. The van der Waals surface area contributed by atoms with Crippen LogP contribution in [0, 0.1) is 20.8 Å². The van der Waals surface area contributed by atoms with Crippen LogP contribution in [0.4, 0.5) is 5.69 Å². The Morgan fingerprint density at radius 3 is 2.63 bits per heavy atom. The van der Waals surface area contributed by atoms with E-state index in [2.05, 4.69) is 27.0 Å². The Morgan fingerprint density at radius 1 is 1.11 bits per heavy atom. The van der Waals surface area contributed by atoms with Crippen LogP contribution in [-0.2, 0) is 4.79 Å². The summed E-state index contributed by atoms with van der Waals surface area (Å²) in [6.07, 6.45) is 0. The number of aryl methyl sites for hydroxylation is 3. The maximum absolute atomic E-state index is 13.2. The molecule has 6 nitrogen and oxygen atoms in total. The zero-order valence-corrected chi connectivity index (χ0v) is 16.2. The molecule has 3 aromatic rings. The third-order valence-corrected chi connectivity index (χ3v) is 5.87. The molecule has 0 fully saturated rings. The minimum Gasteiger partial charge on any atom is -0.325 e. The molecule has 0 aliphatic carbocycles. The minimum absolute atomic E-state index is 0.0554. The van der Waals surface area contributed by atoms with Gasteiger partial charge in [0, 0.05) is 5.69 Å². The Bertz CT molecular complexity index is 985. The van der Waals surface area contributed by atoms with Gasteiger partial charge in [-0.2, -0.15) is 0 Å². The fourth-order valence-electron chi connectivity index (χ4n) is 3.23. The monoisotopic (exact) mass is 379 g/mol. The molecule has 1 amide bonds. The lowest BCUT2D eigenvalue weighted by Crippen LogP contribution is -2.41. The third-order valence-electron chi connectivity index (χ3n) is 4.66. The molecule has 1 aromatic heterocycles. The molecule has 1 aliphatic rings. The number of hydrogen-bond acceptors (Lipinski definition) is 5. The maximum atomic E-state index is 13.2. The van der Waals surface area contributed by atoms with Gasteiger partial charge in [0.25, 0.3) is 0 Å². The maximum Gasteiger partial charge on any atom is 0.240 e. The Balaban J connectivity index is 1.66. The summed E-state index contributed by atoms with van der Waals surface area (Å²) in [6.45, 7) is 5.94. The topological polar surface area (TPSA) is 71.8 Å². The SMILES string of the molecule is Cc1ccc(NC(=O)[C@H]2Sc3nnc(C)n3N[C@@H]2c2ccccc2)c(C)c1. The van der Waals surface area contributed by atoms with Gasteiger partial charge < -0.3 is 10.7 Å². The number of rotatable bonds is 3. The molecule has 7 heteroatoms. The smallest absolute Gasteiger partial charge is 0.240 e. The van der Waals surface area contributed by atoms with Gasteiger partial charge >= 0.3 is 0 Å². The first-order chi connectivity index (χ1) is 13.0. The molecule has 2 aromatic carbocycles. The van der Waals surface area contributed by atoms with Gasteiger partial charge in [-0.25, -0.2) is 4.68 Å². The number of anilines is 1. The van der Waals surface area contributed by atoms with Crippen LogP contribution in [0.5, 0.6) is 0 Å². The lowest BCUT2D eigenvalue weighted by Gasteiger charge is -2.32. The van der Waals surface area contributed by atoms with Crippen LogP contribution in [0.3, 0.4) is 0 Å². The second-order valence-corrected chi connectivity index (χ2v) is 7.84. The van der Waals surface area contributed by atoms with Gasteiger partial charge in [-0.15, -0.1) is 10.2 Å². The van der Waals surface area contributed by atoms with E-state index in [1.165, 1.54) is 17.3 Å². The van der Waals surface area contributed by atoms with Crippen molar-refractivity contribution in [2.24, 2.45) is 0 Å². The Hall–Kier alpha value is -2.80. The molecule has 0 saturated heterocycles. The molecule has 0 spiro atoms. The van der Waals surface area contributed by atoms with Gasteiger partial charge in [-0.05, 0) is 38.0 Å². The second-order valence-electron chi connectivity index (χ2n) is 6.73. The van der Waals surface area contributed by atoms with E-state index in [-0.39, 0.29) is 17.2 Å². The number of benzene rings is 2. The number of aromatic nitrogens is 3. The normalized spacial score (nSPS) is 18.5. The average Bonchev–Trinajstić information content (AvgIpc) is 3.04. The van der Waals surface area contributed by atoms with Crippen LogP contribution in [0.25, 0.3) is 0 Å². The van der Waals surface area contributed by atoms with Gasteiger partial charge in [0.1, 0.15) is 11.1 Å². The number of carbonyl (C=O) groups excluding carboxylic acids is 1. The van der Waals surface area contributed by atoms with Gasteiger partial charge in [0.15, 0.2) is 0 Å². The van der Waals surface area contributed by atoms with E-state index in [4.69, 9.17) is 0 Å². The standard InChI is InChI=1S/C20H21N5OS/c1-12-9-10-16(13(2)11-12)21-19(26)18-17(15-7-5-4-6-8-15)24-25-14(3)22-23-20(25)27-18/h4-11,17-18,24H,1-3H3,(H,21,26)/t17-,18+/m1/s1. The molecule has 27 heavy (non-hydrogen) atoms. The van der Waals surface area contributed by atoms with E-state index in [1.54, 1.807) is 0 Å². The highest BCUT2D eigenvalue weighted by atomic mass is 32.2. The molecule has 2 atom stereocenters. The van der Waals surface area contributed by atoms with Gasteiger partial charge in [-0.1, -0.05) is 59.8 Å². The molecule has 0 unspecified atom stereocenters. The van der Waals surface area contributed by atoms with Gasteiger partial charge in [-0.3, -0.25) is 4.79 Å². The van der Waals surface area contributed by atoms with Crippen molar-refractivity contribution < 1.29 is 4.79 Å². The molecular weight excluding hydrogens is 358 g/mol. The summed E-state index contributed by atoms with van der Waals surface area (Å²) < 4.78 is 1.85. The molecule has 4 rings (SSSR count). The third kappa shape index (κ3) is 3.42. The fraction of sp³-hybridized carbons (Fsp3) is 0.250. The summed E-state index contributed by atoms with van der Waals surface area (Å²) >= 11 is 1.43. The predicted molar refractivity (Wildman–Crippen MR) is 107 cm³/mol. The largest absolute Gasteiger partial charge is 0.325 e. The van der Waals surface area contributed by atoms with Gasteiger partial charge in [0.05, 0.1) is 6.04 Å². The molecular formula is C20H21N5OS. The van der Waals surface area contributed by atoms with Gasteiger partial charge in [0.2, 0.25) is 11.1 Å². The van der Waals surface area contributed by atoms with E-state index in [0.29, 0.717) is 5.16 Å². The highest BCUT2D eigenvalue weighted by Crippen LogP contribution is 2.37. The minimum atomic E-state index is -0.371. The van der Waals surface area contributed by atoms with Crippen molar-refractivity contribution in [3.63, 3.8) is 0 Å². The number of hydrogen-bond donors (Lipinski definition) is 2. The summed E-state index contributed by atoms with van der Waals surface area (Å²) in [5, 5.41) is 11.7. The van der Waals surface area contributed by atoms with E-state index < -0.39 is 0 Å². The van der Waals surface area contributed by atoms with Crippen molar-refractivity contribution in [1.29, 1.82) is 0 Å².